The molecule has 1 N–H and O–H groups in total. The molecule has 3 heterocycles. The average molecular weight is 285 g/mol. The molecule has 0 radical (unpaired) electrons. The molecule has 2 fully saturated rings. The molecule has 0 spiro atoms. The van der Waals surface area contributed by atoms with E-state index in [0.29, 0.717) is 0 Å². The van der Waals surface area contributed by atoms with Gasteiger partial charge in [0.15, 0.2) is 0 Å². The summed E-state index contributed by atoms with van der Waals surface area (Å²) in [5.74, 6) is 1.75. The van der Waals surface area contributed by atoms with Crippen molar-refractivity contribution in [2.24, 2.45) is 11.8 Å². The highest BCUT2D eigenvalue weighted by molar-refractivity contribution is 5.56. The molecule has 3 unspecified atom stereocenters. The Bertz CT molecular complexity index is 527. The van der Waals surface area contributed by atoms with E-state index in [2.05, 4.69) is 47.3 Å². The summed E-state index contributed by atoms with van der Waals surface area (Å²) in [5.41, 5.74) is 4.50. The van der Waals surface area contributed by atoms with Gasteiger partial charge in [0.05, 0.1) is 0 Å². The topological polar surface area (TPSA) is 18.5 Å². The van der Waals surface area contributed by atoms with Crippen molar-refractivity contribution in [1.29, 1.82) is 0 Å². The van der Waals surface area contributed by atoms with Crippen LogP contribution in [0.1, 0.15) is 24.5 Å². The number of anilines is 1. The number of benzene rings is 1. The fourth-order valence-corrected chi connectivity index (χ4v) is 4.64. The van der Waals surface area contributed by atoms with Gasteiger partial charge in [-0.3, -0.25) is 4.90 Å². The number of nitrogens with one attached hydrogen (secondary N) is 1. The predicted molar refractivity (Wildman–Crippen MR) is 87.8 cm³/mol. The molecule has 0 amide bonds. The van der Waals surface area contributed by atoms with Crippen molar-refractivity contribution in [2.45, 2.75) is 32.4 Å². The van der Waals surface area contributed by atoms with Gasteiger partial charge in [0.2, 0.25) is 0 Å². The standard InChI is InChI=1S/C18H27N3/c1-13-17-10-19-9-16(17)12-21(13)11-14-5-6-18-15(8-14)4-3-7-20(18)2/h5-6,8,13,16-17,19H,3-4,7,9-12H2,1-2H3. The van der Waals surface area contributed by atoms with E-state index >= 15 is 0 Å². The van der Waals surface area contributed by atoms with Crippen molar-refractivity contribution in [2.75, 3.05) is 38.1 Å². The maximum absolute atomic E-state index is 3.55. The fourth-order valence-electron chi connectivity index (χ4n) is 4.64. The van der Waals surface area contributed by atoms with Crippen LogP contribution in [-0.4, -0.2) is 44.2 Å². The van der Waals surface area contributed by atoms with E-state index < -0.39 is 0 Å². The van der Waals surface area contributed by atoms with Crippen molar-refractivity contribution < 1.29 is 0 Å². The molecule has 0 aromatic heterocycles. The normalized spacial score (nSPS) is 32.3. The van der Waals surface area contributed by atoms with Crippen molar-refractivity contribution >= 4 is 5.69 Å². The van der Waals surface area contributed by atoms with Crippen LogP contribution in [0.2, 0.25) is 0 Å². The van der Waals surface area contributed by atoms with Gasteiger partial charge in [-0.05, 0) is 61.9 Å². The quantitative estimate of drug-likeness (QED) is 0.898. The minimum absolute atomic E-state index is 0.726. The molecule has 3 aliphatic heterocycles. The molecule has 21 heavy (non-hydrogen) atoms. The summed E-state index contributed by atoms with van der Waals surface area (Å²) in [6.07, 6.45) is 2.54. The molecule has 3 nitrogen and oxygen atoms in total. The third-order valence-electron chi connectivity index (χ3n) is 5.94. The second kappa shape index (κ2) is 5.29. The van der Waals surface area contributed by atoms with Gasteiger partial charge >= 0.3 is 0 Å². The van der Waals surface area contributed by atoms with Gasteiger partial charge in [-0.2, -0.15) is 0 Å². The van der Waals surface area contributed by atoms with E-state index in [-0.39, 0.29) is 0 Å². The monoisotopic (exact) mass is 285 g/mol. The van der Waals surface area contributed by atoms with Gasteiger partial charge in [-0.25, -0.2) is 0 Å². The number of aryl methyl sites for hydroxylation is 1. The average Bonchev–Trinajstić information content (AvgIpc) is 3.04. The third kappa shape index (κ3) is 2.36. The Morgan fingerprint density at radius 3 is 3.05 bits per heavy atom. The summed E-state index contributed by atoms with van der Waals surface area (Å²) in [7, 11) is 2.22. The maximum Gasteiger partial charge on any atom is 0.0396 e. The van der Waals surface area contributed by atoms with Crippen molar-refractivity contribution in [3.63, 3.8) is 0 Å². The number of hydrogen-bond donors (Lipinski definition) is 1. The Kier molecular flexibility index (Phi) is 3.43. The first kappa shape index (κ1) is 13.6. The van der Waals surface area contributed by atoms with Crippen LogP contribution in [0.3, 0.4) is 0 Å². The van der Waals surface area contributed by atoms with Crippen molar-refractivity contribution in [1.82, 2.24) is 10.2 Å². The van der Waals surface area contributed by atoms with Gasteiger partial charge in [0.1, 0.15) is 0 Å². The lowest BCUT2D eigenvalue weighted by atomic mass is 9.95. The smallest absolute Gasteiger partial charge is 0.0396 e. The Morgan fingerprint density at radius 2 is 2.19 bits per heavy atom. The number of hydrogen-bond acceptors (Lipinski definition) is 3. The Labute approximate surface area is 128 Å². The van der Waals surface area contributed by atoms with Gasteiger partial charge in [-0.1, -0.05) is 12.1 Å². The summed E-state index contributed by atoms with van der Waals surface area (Å²) in [5, 5.41) is 3.55. The molecular formula is C18H27N3. The lowest BCUT2D eigenvalue weighted by molar-refractivity contribution is 0.231. The SMILES string of the molecule is CC1C2CNCC2CN1Cc1ccc2c(c1)CCCN2C. The second-order valence-electron chi connectivity index (χ2n) is 7.24. The minimum Gasteiger partial charge on any atom is -0.374 e. The second-order valence-corrected chi connectivity index (χ2v) is 7.24. The molecule has 0 bridgehead atoms. The van der Waals surface area contributed by atoms with Gasteiger partial charge in [-0.15, -0.1) is 0 Å². The fraction of sp³-hybridized carbons (Fsp3) is 0.667. The van der Waals surface area contributed by atoms with E-state index in [1.807, 2.05) is 0 Å². The number of nitrogens with zero attached hydrogens (tertiary/aromatic N) is 2. The predicted octanol–water partition coefficient (Wildman–Crippen LogP) is 2.11. The van der Waals surface area contributed by atoms with E-state index in [9.17, 15) is 0 Å². The molecule has 3 aliphatic rings. The molecule has 1 aromatic rings. The summed E-state index contributed by atoms with van der Waals surface area (Å²) in [6.45, 7) is 8.47. The molecule has 0 saturated carbocycles. The highest BCUT2D eigenvalue weighted by Gasteiger charge is 2.41. The Morgan fingerprint density at radius 1 is 1.29 bits per heavy atom. The molecule has 1 aromatic carbocycles. The van der Waals surface area contributed by atoms with Crippen LogP contribution in [-0.2, 0) is 13.0 Å². The molecule has 4 rings (SSSR count). The number of rotatable bonds is 2. The van der Waals surface area contributed by atoms with E-state index in [0.717, 1.165) is 24.4 Å². The van der Waals surface area contributed by atoms with Crippen LogP contribution < -0.4 is 10.2 Å². The van der Waals surface area contributed by atoms with E-state index in [4.69, 9.17) is 0 Å². The zero-order valence-corrected chi connectivity index (χ0v) is 13.3. The van der Waals surface area contributed by atoms with Crippen LogP contribution in [0.4, 0.5) is 5.69 Å². The van der Waals surface area contributed by atoms with Crippen molar-refractivity contribution in [3.05, 3.63) is 29.3 Å². The van der Waals surface area contributed by atoms with Gasteiger partial charge in [0.25, 0.3) is 0 Å². The highest BCUT2D eigenvalue weighted by atomic mass is 15.2. The summed E-state index contributed by atoms with van der Waals surface area (Å²) >= 11 is 0. The number of likely N-dealkylation sites (tertiary alicyclic amines) is 1. The largest absolute Gasteiger partial charge is 0.374 e. The minimum atomic E-state index is 0.726. The molecular weight excluding hydrogens is 258 g/mol. The molecule has 3 heteroatoms. The molecule has 2 saturated heterocycles. The summed E-state index contributed by atoms with van der Waals surface area (Å²) < 4.78 is 0. The first-order chi connectivity index (χ1) is 10.2. The highest BCUT2D eigenvalue weighted by Crippen LogP contribution is 2.34. The van der Waals surface area contributed by atoms with Gasteiger partial charge < -0.3 is 10.2 Å². The van der Waals surface area contributed by atoms with Crippen LogP contribution in [0.15, 0.2) is 18.2 Å². The van der Waals surface area contributed by atoms with Gasteiger partial charge in [0, 0.05) is 38.4 Å². The maximum atomic E-state index is 3.55. The van der Waals surface area contributed by atoms with E-state index in [1.54, 1.807) is 5.56 Å². The zero-order valence-electron chi connectivity index (χ0n) is 13.3. The van der Waals surface area contributed by atoms with Crippen LogP contribution in [0.5, 0.6) is 0 Å². The van der Waals surface area contributed by atoms with Crippen molar-refractivity contribution in [3.8, 4) is 0 Å². The van der Waals surface area contributed by atoms with E-state index in [1.165, 1.54) is 50.3 Å². The molecule has 3 atom stereocenters. The third-order valence-corrected chi connectivity index (χ3v) is 5.94. The number of fused-ring (bicyclic) bond motifs is 2. The zero-order chi connectivity index (χ0) is 14.4. The lowest BCUT2D eigenvalue weighted by Gasteiger charge is -2.29. The molecule has 114 valence electrons. The van der Waals surface area contributed by atoms with Crippen LogP contribution in [0, 0.1) is 11.8 Å². The molecule has 0 aliphatic carbocycles. The summed E-state index contributed by atoms with van der Waals surface area (Å²) in [4.78, 5) is 5.10. The summed E-state index contributed by atoms with van der Waals surface area (Å²) in [6, 6.07) is 7.88. The Hall–Kier alpha value is -1.06. The lowest BCUT2D eigenvalue weighted by Crippen LogP contribution is -2.33. The van der Waals surface area contributed by atoms with Crippen LogP contribution in [0.25, 0.3) is 0 Å². The Balaban J connectivity index is 1.50. The van der Waals surface area contributed by atoms with Crippen LogP contribution >= 0.6 is 0 Å². The first-order valence-corrected chi connectivity index (χ1v) is 8.50. The first-order valence-electron chi connectivity index (χ1n) is 8.50.